The molecule has 6 nitrogen and oxygen atoms in total. The van der Waals surface area contributed by atoms with Gasteiger partial charge in [0.15, 0.2) is 0 Å². The topological polar surface area (TPSA) is 91.6 Å². The maximum absolute atomic E-state index is 12.7. The molecule has 3 rings (SSSR count). The van der Waals surface area contributed by atoms with E-state index in [1.54, 1.807) is 42.5 Å². The number of benzene rings is 2. The lowest BCUT2D eigenvalue weighted by Crippen LogP contribution is -2.29. The monoisotopic (exact) mass is 420 g/mol. The highest BCUT2D eigenvalue weighted by Crippen LogP contribution is 2.24. The minimum atomic E-state index is -0.718. The summed E-state index contributed by atoms with van der Waals surface area (Å²) in [7, 11) is 0. The van der Waals surface area contributed by atoms with Gasteiger partial charge in [0.1, 0.15) is 0 Å². The van der Waals surface area contributed by atoms with Gasteiger partial charge in [-0.1, -0.05) is 35.3 Å². The zero-order chi connectivity index (χ0) is 20.3. The van der Waals surface area contributed by atoms with Crippen molar-refractivity contribution in [3.05, 3.63) is 74.6 Å². The molecule has 0 aliphatic rings. The quantitative estimate of drug-likeness (QED) is 0.571. The average molecular weight is 421 g/mol. The number of nitrogens with zero attached hydrogens (tertiary/aromatic N) is 1. The highest BCUT2D eigenvalue weighted by atomic mass is 35.5. The van der Waals surface area contributed by atoms with Crippen LogP contribution in [0.15, 0.2) is 53.5 Å². The summed E-state index contributed by atoms with van der Waals surface area (Å²) in [5.74, 6) is -0.265. The first-order chi connectivity index (χ1) is 13.4. The van der Waals surface area contributed by atoms with E-state index in [1.165, 1.54) is 10.8 Å². The van der Waals surface area contributed by atoms with E-state index in [0.29, 0.717) is 32.1 Å². The van der Waals surface area contributed by atoms with Crippen molar-refractivity contribution >= 4 is 45.6 Å². The Morgan fingerprint density at radius 1 is 1.04 bits per heavy atom. The Labute approximate surface area is 170 Å². The predicted octanol–water partition coefficient (Wildman–Crippen LogP) is 3.02. The molecule has 3 aromatic rings. The number of pyridine rings is 1. The largest absolute Gasteiger partial charge is 0.394 e. The molecular weight excluding hydrogens is 403 g/mol. The molecule has 28 heavy (non-hydrogen) atoms. The third kappa shape index (κ3) is 4.20. The number of anilines is 1. The summed E-state index contributed by atoms with van der Waals surface area (Å²) in [4.78, 5) is 25.1. The van der Waals surface area contributed by atoms with Crippen LogP contribution in [0.2, 0.25) is 10.0 Å². The maximum atomic E-state index is 12.7. The van der Waals surface area contributed by atoms with Crippen molar-refractivity contribution in [2.24, 2.45) is 0 Å². The van der Waals surface area contributed by atoms with Crippen molar-refractivity contribution in [1.82, 2.24) is 4.57 Å². The third-order valence-corrected chi connectivity index (χ3v) is 5.15. The Kier molecular flexibility index (Phi) is 6.36. The van der Waals surface area contributed by atoms with Gasteiger partial charge >= 0.3 is 0 Å². The third-order valence-electron chi connectivity index (χ3n) is 4.41. The molecule has 0 saturated heterocycles. The minimum absolute atomic E-state index is 0.0987. The summed E-state index contributed by atoms with van der Waals surface area (Å²) < 4.78 is 1.28. The molecule has 0 saturated carbocycles. The summed E-state index contributed by atoms with van der Waals surface area (Å²) in [5, 5.41) is 23.2. The Balaban J connectivity index is 1.89. The van der Waals surface area contributed by atoms with Gasteiger partial charge < -0.3 is 20.1 Å². The molecule has 3 N–H and O–H groups in total. The second-order valence-electron chi connectivity index (χ2n) is 6.29. The van der Waals surface area contributed by atoms with Gasteiger partial charge in [-0.2, -0.15) is 0 Å². The molecule has 0 bridgehead atoms. The van der Waals surface area contributed by atoms with Crippen molar-refractivity contribution in [2.45, 2.75) is 12.5 Å². The maximum Gasteiger partial charge on any atom is 0.258 e. The molecule has 8 heteroatoms. The fourth-order valence-corrected chi connectivity index (χ4v) is 3.27. The molecule has 0 fully saturated rings. The molecule has 146 valence electrons. The molecule has 0 aliphatic heterocycles. The number of halogens is 2. The predicted molar refractivity (Wildman–Crippen MR) is 110 cm³/mol. The minimum Gasteiger partial charge on any atom is -0.394 e. The molecule has 0 spiro atoms. The van der Waals surface area contributed by atoms with Crippen LogP contribution in [-0.2, 0) is 11.2 Å². The van der Waals surface area contributed by atoms with Crippen LogP contribution in [-0.4, -0.2) is 33.9 Å². The Morgan fingerprint density at radius 3 is 2.46 bits per heavy atom. The lowest BCUT2D eigenvalue weighted by atomic mass is 10.1. The average Bonchev–Trinajstić information content (AvgIpc) is 2.68. The van der Waals surface area contributed by atoms with Crippen LogP contribution in [0.5, 0.6) is 0 Å². The number of carbonyl (C=O) groups is 1. The van der Waals surface area contributed by atoms with E-state index in [9.17, 15) is 19.8 Å². The standard InChI is InChI=1S/C20H18Cl2N2O4/c21-16-5-4-12(8-17(16)22)9-19(27)23-18-3-1-2-15-14(18)6-7-24(20(15)28)13(10-25)11-26/h1-8,13,25-26H,9-11H2,(H,23,27). The van der Waals surface area contributed by atoms with E-state index in [-0.39, 0.29) is 31.1 Å². The van der Waals surface area contributed by atoms with Crippen molar-refractivity contribution in [1.29, 1.82) is 0 Å². The van der Waals surface area contributed by atoms with Crippen molar-refractivity contribution in [3.63, 3.8) is 0 Å². The number of carbonyl (C=O) groups excluding carboxylic acids is 1. The Bertz CT molecular complexity index is 1080. The summed E-state index contributed by atoms with van der Waals surface area (Å²) in [6, 6.07) is 10.9. The summed E-state index contributed by atoms with van der Waals surface area (Å²) >= 11 is 11.9. The fraction of sp³-hybridized carbons (Fsp3) is 0.200. The van der Waals surface area contributed by atoms with Gasteiger partial charge in [0.25, 0.3) is 5.56 Å². The van der Waals surface area contributed by atoms with Crippen molar-refractivity contribution in [2.75, 3.05) is 18.5 Å². The van der Waals surface area contributed by atoms with Crippen LogP contribution in [0.4, 0.5) is 5.69 Å². The van der Waals surface area contributed by atoms with Crippen molar-refractivity contribution in [3.8, 4) is 0 Å². The molecule has 1 aromatic heterocycles. The lowest BCUT2D eigenvalue weighted by Gasteiger charge is -2.16. The highest BCUT2D eigenvalue weighted by Gasteiger charge is 2.14. The van der Waals surface area contributed by atoms with Crippen LogP contribution in [0, 0.1) is 0 Å². The van der Waals surface area contributed by atoms with Gasteiger partial charge in [-0.15, -0.1) is 0 Å². The van der Waals surface area contributed by atoms with Crippen molar-refractivity contribution < 1.29 is 15.0 Å². The van der Waals surface area contributed by atoms with E-state index in [0.717, 1.165) is 0 Å². The Morgan fingerprint density at radius 2 is 1.79 bits per heavy atom. The smallest absolute Gasteiger partial charge is 0.258 e. The number of amides is 1. The first-order valence-corrected chi connectivity index (χ1v) is 9.29. The molecule has 2 aromatic carbocycles. The van der Waals surface area contributed by atoms with E-state index in [2.05, 4.69) is 5.32 Å². The highest BCUT2D eigenvalue weighted by molar-refractivity contribution is 6.42. The van der Waals surface area contributed by atoms with Gasteiger partial charge in [0.2, 0.25) is 5.91 Å². The summed E-state index contributed by atoms with van der Waals surface area (Å²) in [6.07, 6.45) is 1.60. The first kappa shape index (κ1) is 20.4. The fourth-order valence-electron chi connectivity index (χ4n) is 2.95. The molecule has 0 aliphatic carbocycles. The van der Waals surface area contributed by atoms with Gasteiger partial charge in [0, 0.05) is 22.7 Å². The van der Waals surface area contributed by atoms with Gasteiger partial charge in [0.05, 0.1) is 35.7 Å². The summed E-state index contributed by atoms with van der Waals surface area (Å²) in [6.45, 7) is -0.718. The van der Waals surface area contributed by atoms with E-state index in [4.69, 9.17) is 23.2 Å². The second-order valence-corrected chi connectivity index (χ2v) is 7.10. The van der Waals surface area contributed by atoms with Crippen LogP contribution in [0.3, 0.4) is 0 Å². The molecule has 0 atom stereocenters. The molecule has 1 amide bonds. The zero-order valence-electron chi connectivity index (χ0n) is 14.7. The Hall–Kier alpha value is -2.38. The first-order valence-electron chi connectivity index (χ1n) is 8.54. The van der Waals surface area contributed by atoms with E-state index < -0.39 is 6.04 Å². The van der Waals surface area contributed by atoms with Crippen LogP contribution >= 0.6 is 23.2 Å². The van der Waals surface area contributed by atoms with Gasteiger partial charge in [-0.3, -0.25) is 9.59 Å². The van der Waals surface area contributed by atoms with Crippen LogP contribution in [0.25, 0.3) is 10.8 Å². The van der Waals surface area contributed by atoms with E-state index in [1.807, 2.05) is 0 Å². The number of fused-ring (bicyclic) bond motifs is 1. The number of nitrogens with one attached hydrogen (secondary N) is 1. The lowest BCUT2D eigenvalue weighted by molar-refractivity contribution is -0.115. The van der Waals surface area contributed by atoms with Crippen LogP contribution in [0.1, 0.15) is 11.6 Å². The number of aliphatic hydroxyl groups is 2. The molecule has 0 radical (unpaired) electrons. The number of hydrogen-bond donors (Lipinski definition) is 3. The zero-order valence-corrected chi connectivity index (χ0v) is 16.2. The number of rotatable bonds is 6. The number of hydrogen-bond acceptors (Lipinski definition) is 4. The number of aromatic nitrogens is 1. The molecular formula is C20H18Cl2N2O4. The molecule has 0 unspecified atom stereocenters. The van der Waals surface area contributed by atoms with Gasteiger partial charge in [-0.05, 0) is 35.9 Å². The second kappa shape index (κ2) is 8.75. The van der Waals surface area contributed by atoms with E-state index >= 15 is 0 Å². The van der Waals surface area contributed by atoms with Crippen LogP contribution < -0.4 is 10.9 Å². The molecule has 1 heterocycles. The number of aliphatic hydroxyl groups excluding tert-OH is 2. The summed E-state index contributed by atoms with van der Waals surface area (Å²) in [5.41, 5.74) is 0.853. The normalized spacial score (nSPS) is 11.2. The SMILES string of the molecule is O=C(Cc1ccc(Cl)c(Cl)c1)Nc1cccc2c(=O)n(C(CO)CO)ccc12. The van der Waals surface area contributed by atoms with Gasteiger partial charge in [-0.25, -0.2) is 0 Å².